The van der Waals surface area contributed by atoms with E-state index in [1.54, 1.807) is 0 Å². The Morgan fingerprint density at radius 2 is 1.48 bits per heavy atom. The maximum Gasteiger partial charge on any atom is 0.616 e. The fourth-order valence-electron chi connectivity index (χ4n) is 2.47. The Bertz CT molecular complexity index is 487. The standard InChI is InChI=1S/C12H26NO.CBF6O2S/c1-5-10-14-11-13(12(2,3)4)8-6-7-9-13;3-1(4,5)11(9,10)2(6,7)8/h5-11H2,1-4H3;/q+1;-1. The first-order valence-electron chi connectivity index (χ1n) is 7.95. The number of halogens is 6. The van der Waals surface area contributed by atoms with Gasteiger partial charge in [-0.05, 0) is 27.2 Å². The van der Waals surface area contributed by atoms with Crippen molar-refractivity contribution in [3.05, 3.63) is 0 Å². The minimum atomic E-state index is -6.95. The molecule has 12 heteroatoms. The van der Waals surface area contributed by atoms with Crippen LogP contribution in [0.3, 0.4) is 0 Å². The van der Waals surface area contributed by atoms with Crippen LogP contribution >= 0.6 is 0 Å². The van der Waals surface area contributed by atoms with E-state index in [1.807, 2.05) is 0 Å². The Hall–Kier alpha value is -0.485. The van der Waals surface area contributed by atoms with Crippen LogP contribution in [0.5, 0.6) is 0 Å². The number of quaternary nitrogens is 1. The summed E-state index contributed by atoms with van der Waals surface area (Å²) in [5, 5.41) is 0. The van der Waals surface area contributed by atoms with Crippen molar-refractivity contribution in [2.45, 2.75) is 58.0 Å². The van der Waals surface area contributed by atoms with Gasteiger partial charge < -0.3 is 17.7 Å². The lowest BCUT2D eigenvalue weighted by atomic mass is 10.0. The number of rotatable bonds is 5. The molecule has 0 aromatic heterocycles. The highest BCUT2D eigenvalue weighted by Crippen LogP contribution is 2.33. The van der Waals surface area contributed by atoms with Crippen molar-refractivity contribution in [3.63, 3.8) is 0 Å². The third-order valence-electron chi connectivity index (χ3n) is 4.21. The Balaban J connectivity index is 0.000000477. The lowest BCUT2D eigenvalue weighted by Crippen LogP contribution is -2.59. The van der Waals surface area contributed by atoms with Crippen LogP contribution in [0.4, 0.5) is 26.1 Å². The van der Waals surface area contributed by atoms with Crippen molar-refractivity contribution < 1.29 is 43.8 Å². The van der Waals surface area contributed by atoms with Crippen LogP contribution in [0.2, 0.25) is 0 Å². The van der Waals surface area contributed by atoms with E-state index in [2.05, 4.69) is 27.7 Å². The van der Waals surface area contributed by atoms with Crippen molar-refractivity contribution in [1.82, 2.24) is 0 Å². The molecule has 0 radical (unpaired) electrons. The second-order valence-electron chi connectivity index (χ2n) is 7.01. The number of hydrogen-bond acceptors (Lipinski definition) is 3. The first-order chi connectivity index (χ1) is 11.0. The Morgan fingerprint density at radius 3 is 1.72 bits per heavy atom. The van der Waals surface area contributed by atoms with Crippen molar-refractivity contribution in [3.8, 4) is 0 Å². The zero-order chi connectivity index (χ0) is 20.2. The molecule has 0 bridgehead atoms. The Labute approximate surface area is 145 Å². The zero-order valence-corrected chi connectivity index (χ0v) is 15.7. The van der Waals surface area contributed by atoms with E-state index in [4.69, 9.17) is 4.74 Å². The van der Waals surface area contributed by atoms with Gasteiger partial charge in [0.25, 0.3) is 0 Å². The summed E-state index contributed by atoms with van der Waals surface area (Å²) in [6.07, 6.45) is -3.04. The highest BCUT2D eigenvalue weighted by Gasteiger charge is 2.58. The maximum absolute atomic E-state index is 11.1. The van der Waals surface area contributed by atoms with E-state index < -0.39 is 21.5 Å². The monoisotopic (exact) mass is 401 g/mol. The molecule has 1 saturated heterocycles. The molecule has 1 rings (SSSR count). The van der Waals surface area contributed by atoms with Gasteiger partial charge in [0.2, 0.25) is 9.69 Å². The third kappa shape index (κ3) is 6.32. The van der Waals surface area contributed by atoms with Crippen LogP contribution < -0.4 is 0 Å². The molecule has 0 aromatic rings. The molecule has 0 atom stereocenters. The van der Waals surface area contributed by atoms with Gasteiger partial charge >= 0.3 is 11.8 Å². The number of hydrogen-bond donors (Lipinski definition) is 0. The summed E-state index contributed by atoms with van der Waals surface area (Å²) < 4.78 is 92.2. The summed E-state index contributed by atoms with van der Waals surface area (Å²) in [7, 11) is -6.95. The van der Waals surface area contributed by atoms with E-state index >= 15 is 0 Å². The van der Waals surface area contributed by atoms with Crippen molar-refractivity contribution in [2.75, 3.05) is 26.4 Å². The lowest BCUT2D eigenvalue weighted by Gasteiger charge is -2.45. The smallest absolute Gasteiger partial charge is 0.436 e. The van der Waals surface area contributed by atoms with Crippen molar-refractivity contribution in [1.29, 1.82) is 0 Å². The van der Waals surface area contributed by atoms with Crippen LogP contribution in [0.15, 0.2) is 0 Å². The molecular formula is C13H26BF6NO3S. The van der Waals surface area contributed by atoms with Gasteiger partial charge in [0.15, 0.2) is 6.73 Å². The SMILES string of the molecule is CCCOC[N+]1(C(C)(C)C)CCCC1.O=S(=O)([B-](F)(F)F)C(F)(F)F. The molecule has 0 aromatic carbocycles. The zero-order valence-electron chi connectivity index (χ0n) is 14.9. The average Bonchev–Trinajstić information content (AvgIpc) is 2.87. The molecule has 0 N–H and O–H groups in total. The summed E-state index contributed by atoms with van der Waals surface area (Å²) in [6, 6.07) is 0. The summed E-state index contributed by atoms with van der Waals surface area (Å²) in [5.41, 5.74) is -5.91. The lowest BCUT2D eigenvalue weighted by molar-refractivity contribution is -0.976. The molecule has 4 nitrogen and oxygen atoms in total. The average molecular weight is 401 g/mol. The topological polar surface area (TPSA) is 43.4 Å². The van der Waals surface area contributed by atoms with Gasteiger partial charge in [-0.3, -0.25) is 12.9 Å². The summed E-state index contributed by atoms with van der Waals surface area (Å²) in [6.45, 7) is 13.6. The molecule has 1 heterocycles. The molecule has 25 heavy (non-hydrogen) atoms. The van der Waals surface area contributed by atoms with Gasteiger partial charge in [0, 0.05) is 12.8 Å². The van der Waals surface area contributed by atoms with E-state index in [0.717, 1.165) is 24.2 Å². The van der Waals surface area contributed by atoms with E-state index in [-0.39, 0.29) is 0 Å². The van der Waals surface area contributed by atoms with Gasteiger partial charge in [0.1, 0.15) is 0 Å². The highest BCUT2D eigenvalue weighted by molar-refractivity contribution is 8.20. The first-order valence-corrected chi connectivity index (χ1v) is 9.50. The second-order valence-corrected chi connectivity index (χ2v) is 9.10. The molecule has 0 spiro atoms. The minimum Gasteiger partial charge on any atom is -0.436 e. The molecule has 1 aliphatic rings. The predicted molar refractivity (Wildman–Crippen MR) is 84.1 cm³/mol. The highest BCUT2D eigenvalue weighted by atomic mass is 32.2. The number of likely N-dealkylation sites (tertiary alicyclic amines) is 1. The Morgan fingerprint density at radius 1 is 1.04 bits per heavy atom. The van der Waals surface area contributed by atoms with Crippen LogP contribution in [0.1, 0.15) is 47.0 Å². The fourth-order valence-corrected chi connectivity index (χ4v) is 2.77. The summed E-state index contributed by atoms with van der Waals surface area (Å²) in [4.78, 5) is 0. The van der Waals surface area contributed by atoms with E-state index in [0.29, 0.717) is 5.54 Å². The van der Waals surface area contributed by atoms with Crippen LogP contribution in [-0.4, -0.2) is 56.6 Å². The molecule has 0 aliphatic carbocycles. The maximum atomic E-state index is 11.1. The predicted octanol–water partition coefficient (Wildman–Crippen LogP) is 4.04. The summed E-state index contributed by atoms with van der Waals surface area (Å²) in [5.74, 6) is 0. The van der Waals surface area contributed by atoms with E-state index in [9.17, 15) is 34.5 Å². The number of alkyl halides is 3. The van der Waals surface area contributed by atoms with Crippen LogP contribution in [0, 0.1) is 0 Å². The molecule has 1 aliphatic heterocycles. The van der Waals surface area contributed by atoms with Crippen molar-refractivity contribution in [2.24, 2.45) is 0 Å². The Kier molecular flexibility index (Phi) is 8.31. The normalized spacial score (nSPS) is 18.6. The van der Waals surface area contributed by atoms with Crippen LogP contribution in [0.25, 0.3) is 0 Å². The van der Waals surface area contributed by atoms with Gasteiger partial charge in [-0.2, -0.15) is 13.2 Å². The molecule has 152 valence electrons. The van der Waals surface area contributed by atoms with Gasteiger partial charge in [-0.25, -0.2) is 0 Å². The van der Waals surface area contributed by atoms with E-state index in [1.165, 1.54) is 25.9 Å². The van der Waals surface area contributed by atoms with Gasteiger partial charge in [0.05, 0.1) is 25.2 Å². The molecular weight excluding hydrogens is 375 g/mol. The summed E-state index contributed by atoms with van der Waals surface area (Å²) >= 11 is 0. The molecule has 0 amide bonds. The molecule has 1 fully saturated rings. The van der Waals surface area contributed by atoms with Gasteiger partial charge in [-0.15, -0.1) is 0 Å². The number of nitrogens with zero attached hydrogens (tertiary/aromatic N) is 1. The quantitative estimate of drug-likeness (QED) is 0.302. The first kappa shape index (κ1) is 24.5. The van der Waals surface area contributed by atoms with Crippen LogP contribution in [-0.2, 0) is 14.4 Å². The minimum absolute atomic E-state index is 0.338. The largest absolute Gasteiger partial charge is 0.616 e. The fraction of sp³-hybridized carbons (Fsp3) is 1.00. The molecule has 0 saturated carbocycles. The van der Waals surface area contributed by atoms with Gasteiger partial charge in [-0.1, -0.05) is 6.92 Å². The second kappa shape index (κ2) is 8.47. The van der Waals surface area contributed by atoms with Crippen molar-refractivity contribution >= 4 is 15.9 Å². The third-order valence-corrected chi connectivity index (χ3v) is 5.56. The molecule has 0 unspecified atom stereocenters. The number of ether oxygens (including phenoxy) is 1.